The standard InChI is InChI=1S/C24H19FN2O4/c25-19-6-5-17(12-18(19)14-2-1-3-15(10-14)22(26)28)27-23(29)24(8-9-24)16-4-7-20-21(11-16)31-13-30-20/h1-7,10-12H,8-9,13H2,(H2,26,28)(H,27,29). The monoisotopic (exact) mass is 418 g/mol. The van der Waals surface area contributed by atoms with Gasteiger partial charge in [0.2, 0.25) is 18.6 Å². The summed E-state index contributed by atoms with van der Waals surface area (Å²) in [5, 5.41) is 2.92. The summed E-state index contributed by atoms with van der Waals surface area (Å²) in [6.45, 7) is 0.174. The second-order valence-corrected chi connectivity index (χ2v) is 7.74. The van der Waals surface area contributed by atoms with Crippen LogP contribution < -0.4 is 20.5 Å². The van der Waals surface area contributed by atoms with Crippen LogP contribution in [-0.2, 0) is 10.2 Å². The first-order chi connectivity index (χ1) is 15.0. The van der Waals surface area contributed by atoms with Crippen molar-refractivity contribution in [2.75, 3.05) is 12.1 Å². The second kappa shape index (κ2) is 7.12. The lowest BCUT2D eigenvalue weighted by Crippen LogP contribution is -2.27. The number of benzene rings is 3. The lowest BCUT2D eigenvalue weighted by molar-refractivity contribution is -0.118. The van der Waals surface area contributed by atoms with E-state index < -0.39 is 17.1 Å². The van der Waals surface area contributed by atoms with Crippen molar-refractivity contribution >= 4 is 17.5 Å². The molecule has 0 bridgehead atoms. The van der Waals surface area contributed by atoms with Gasteiger partial charge in [-0.05, 0) is 66.4 Å². The third-order valence-corrected chi connectivity index (χ3v) is 5.79. The molecule has 0 unspecified atom stereocenters. The number of halogens is 1. The van der Waals surface area contributed by atoms with E-state index in [1.165, 1.54) is 18.2 Å². The molecular weight excluding hydrogens is 399 g/mol. The molecule has 0 spiro atoms. The lowest BCUT2D eigenvalue weighted by Gasteiger charge is -2.17. The number of amides is 2. The molecule has 156 valence electrons. The van der Waals surface area contributed by atoms with E-state index in [1.807, 2.05) is 18.2 Å². The number of anilines is 1. The Morgan fingerprint density at radius 3 is 2.55 bits per heavy atom. The van der Waals surface area contributed by atoms with E-state index in [4.69, 9.17) is 15.2 Å². The Kier molecular flexibility index (Phi) is 4.39. The van der Waals surface area contributed by atoms with Gasteiger partial charge in [-0.15, -0.1) is 0 Å². The van der Waals surface area contributed by atoms with Crippen molar-refractivity contribution in [2.24, 2.45) is 5.73 Å². The Balaban J connectivity index is 1.42. The van der Waals surface area contributed by atoms with Crippen LogP contribution in [0.1, 0.15) is 28.8 Å². The average Bonchev–Trinajstić information content (AvgIpc) is 3.46. The molecule has 1 aliphatic heterocycles. The number of ether oxygens (including phenoxy) is 2. The van der Waals surface area contributed by atoms with E-state index in [9.17, 15) is 14.0 Å². The molecule has 2 aliphatic rings. The molecule has 0 radical (unpaired) electrons. The zero-order chi connectivity index (χ0) is 21.6. The predicted octanol–water partition coefficient (Wildman–Crippen LogP) is 3.99. The van der Waals surface area contributed by atoms with Crippen molar-refractivity contribution < 1.29 is 23.5 Å². The van der Waals surface area contributed by atoms with Crippen LogP contribution in [0.3, 0.4) is 0 Å². The molecule has 3 aromatic rings. The highest BCUT2D eigenvalue weighted by Gasteiger charge is 2.51. The molecule has 6 nitrogen and oxygen atoms in total. The van der Waals surface area contributed by atoms with Crippen LogP contribution in [0.4, 0.5) is 10.1 Å². The minimum atomic E-state index is -0.637. The van der Waals surface area contributed by atoms with Crippen molar-refractivity contribution in [1.82, 2.24) is 0 Å². The molecule has 0 atom stereocenters. The normalized spacial score (nSPS) is 15.4. The van der Waals surface area contributed by atoms with Gasteiger partial charge in [0.15, 0.2) is 11.5 Å². The quantitative estimate of drug-likeness (QED) is 0.656. The minimum absolute atomic E-state index is 0.158. The van der Waals surface area contributed by atoms with Crippen molar-refractivity contribution in [1.29, 1.82) is 0 Å². The summed E-state index contributed by atoms with van der Waals surface area (Å²) in [4.78, 5) is 24.6. The van der Waals surface area contributed by atoms with Gasteiger partial charge < -0.3 is 20.5 Å². The highest BCUT2D eigenvalue weighted by atomic mass is 19.1. The summed E-state index contributed by atoms with van der Waals surface area (Å²) < 4.78 is 25.3. The first-order valence-corrected chi connectivity index (χ1v) is 9.88. The number of hydrogen-bond donors (Lipinski definition) is 2. The Hall–Kier alpha value is -3.87. The van der Waals surface area contributed by atoms with Crippen LogP contribution in [0, 0.1) is 5.82 Å². The third kappa shape index (κ3) is 3.38. The van der Waals surface area contributed by atoms with Crippen LogP contribution in [-0.4, -0.2) is 18.6 Å². The molecule has 31 heavy (non-hydrogen) atoms. The van der Waals surface area contributed by atoms with Crippen LogP contribution in [0.25, 0.3) is 11.1 Å². The van der Waals surface area contributed by atoms with Crippen LogP contribution in [0.15, 0.2) is 60.7 Å². The van der Waals surface area contributed by atoms with Crippen molar-refractivity contribution in [3.05, 3.63) is 77.6 Å². The number of nitrogens with two attached hydrogens (primary N) is 1. The van der Waals surface area contributed by atoms with Gasteiger partial charge in [-0.1, -0.05) is 18.2 Å². The molecule has 1 fully saturated rings. The zero-order valence-corrected chi connectivity index (χ0v) is 16.5. The smallest absolute Gasteiger partial charge is 0.248 e. The predicted molar refractivity (Wildman–Crippen MR) is 112 cm³/mol. The molecular formula is C24H19FN2O4. The van der Waals surface area contributed by atoms with Crippen LogP contribution >= 0.6 is 0 Å². The van der Waals surface area contributed by atoms with E-state index in [1.54, 1.807) is 24.3 Å². The molecule has 1 aliphatic carbocycles. The average molecular weight is 418 g/mol. The van der Waals surface area contributed by atoms with E-state index >= 15 is 0 Å². The lowest BCUT2D eigenvalue weighted by atomic mass is 9.94. The van der Waals surface area contributed by atoms with Crippen molar-refractivity contribution in [2.45, 2.75) is 18.3 Å². The first kappa shape index (κ1) is 19.1. The van der Waals surface area contributed by atoms with E-state index in [2.05, 4.69) is 5.32 Å². The summed E-state index contributed by atoms with van der Waals surface area (Å²) in [6.07, 6.45) is 1.43. The maximum Gasteiger partial charge on any atom is 0.248 e. The van der Waals surface area contributed by atoms with Gasteiger partial charge in [0.25, 0.3) is 0 Å². The Morgan fingerprint density at radius 2 is 1.77 bits per heavy atom. The summed E-state index contributed by atoms with van der Waals surface area (Å²) in [7, 11) is 0. The van der Waals surface area contributed by atoms with Crippen LogP contribution in [0.2, 0.25) is 0 Å². The summed E-state index contributed by atoms with van der Waals surface area (Å²) in [5.41, 5.74) is 7.09. The minimum Gasteiger partial charge on any atom is -0.454 e. The van der Waals surface area contributed by atoms with Gasteiger partial charge in [-0.2, -0.15) is 0 Å². The number of rotatable bonds is 5. The maximum atomic E-state index is 14.5. The third-order valence-electron chi connectivity index (χ3n) is 5.79. The molecule has 0 saturated heterocycles. The van der Waals surface area contributed by atoms with Gasteiger partial charge in [-0.3, -0.25) is 9.59 Å². The summed E-state index contributed by atoms with van der Waals surface area (Å²) in [6, 6.07) is 16.3. The molecule has 5 rings (SSSR count). The van der Waals surface area contributed by atoms with Gasteiger partial charge in [0, 0.05) is 16.8 Å². The first-order valence-electron chi connectivity index (χ1n) is 9.88. The van der Waals surface area contributed by atoms with E-state index in [0.717, 1.165) is 5.56 Å². The Morgan fingerprint density at radius 1 is 0.968 bits per heavy atom. The Bertz CT molecular complexity index is 1220. The maximum absolute atomic E-state index is 14.5. The van der Waals surface area contributed by atoms with E-state index in [-0.39, 0.29) is 23.8 Å². The summed E-state index contributed by atoms with van der Waals surface area (Å²) in [5.74, 6) is 0.0914. The van der Waals surface area contributed by atoms with Gasteiger partial charge in [0.05, 0.1) is 5.41 Å². The van der Waals surface area contributed by atoms with Crippen molar-refractivity contribution in [3.63, 3.8) is 0 Å². The fourth-order valence-electron chi connectivity index (χ4n) is 3.88. The molecule has 3 aromatic carbocycles. The number of hydrogen-bond acceptors (Lipinski definition) is 4. The van der Waals surface area contributed by atoms with Crippen LogP contribution in [0.5, 0.6) is 11.5 Å². The number of carbonyl (C=O) groups is 2. The molecule has 3 N–H and O–H groups in total. The fourth-order valence-corrected chi connectivity index (χ4v) is 3.88. The number of primary amides is 1. The topological polar surface area (TPSA) is 90.7 Å². The summed E-state index contributed by atoms with van der Waals surface area (Å²) >= 11 is 0. The molecule has 7 heteroatoms. The SMILES string of the molecule is NC(=O)c1cccc(-c2cc(NC(=O)C3(c4ccc5c(c4)OCO5)CC3)ccc2F)c1. The molecule has 0 aromatic heterocycles. The van der Waals surface area contributed by atoms with Crippen molar-refractivity contribution in [3.8, 4) is 22.6 Å². The fraction of sp³-hybridized carbons (Fsp3) is 0.167. The highest BCUT2D eigenvalue weighted by Crippen LogP contribution is 2.51. The van der Waals surface area contributed by atoms with Gasteiger partial charge in [0.1, 0.15) is 5.82 Å². The van der Waals surface area contributed by atoms with Gasteiger partial charge in [-0.25, -0.2) is 4.39 Å². The number of nitrogens with one attached hydrogen (secondary N) is 1. The zero-order valence-electron chi connectivity index (χ0n) is 16.5. The largest absolute Gasteiger partial charge is 0.454 e. The highest BCUT2D eigenvalue weighted by molar-refractivity contribution is 6.02. The number of carbonyl (C=O) groups excluding carboxylic acids is 2. The van der Waals surface area contributed by atoms with Gasteiger partial charge >= 0.3 is 0 Å². The molecule has 2 amide bonds. The Labute approximate surface area is 177 Å². The van der Waals surface area contributed by atoms with E-state index in [0.29, 0.717) is 35.6 Å². The second-order valence-electron chi connectivity index (χ2n) is 7.74. The molecule has 1 heterocycles. The number of fused-ring (bicyclic) bond motifs is 1. The molecule has 1 saturated carbocycles.